The molecule has 0 fully saturated rings. The predicted octanol–water partition coefficient (Wildman–Crippen LogP) is 4.69. The number of hydrogen-bond donors (Lipinski definition) is 0. The van der Waals surface area contributed by atoms with Crippen LogP contribution in [0, 0.1) is 5.92 Å². The van der Waals surface area contributed by atoms with E-state index in [-0.39, 0.29) is 17.5 Å². The minimum Gasteiger partial charge on any atom is -0.299 e. The van der Waals surface area contributed by atoms with Gasteiger partial charge in [-0.05, 0) is 12.8 Å². The van der Waals surface area contributed by atoms with E-state index in [1.54, 1.807) is 0 Å². The number of alkyl halides is 1. The molecule has 0 aliphatic rings. The third-order valence-electron chi connectivity index (χ3n) is 3.35. The van der Waals surface area contributed by atoms with Crippen molar-refractivity contribution in [3.8, 4) is 0 Å². The molecule has 0 unspecified atom stereocenters. The molecule has 0 aromatic heterocycles. The van der Waals surface area contributed by atoms with Crippen molar-refractivity contribution >= 4 is 27.5 Å². The highest BCUT2D eigenvalue weighted by Gasteiger charge is 2.22. The summed E-state index contributed by atoms with van der Waals surface area (Å²) in [4.78, 5) is 23.4. The minimum absolute atomic E-state index is 0.126. The van der Waals surface area contributed by atoms with Crippen LogP contribution in [-0.4, -0.2) is 16.9 Å². The Kier molecular flexibility index (Phi) is 11.8. The van der Waals surface area contributed by atoms with Crippen molar-refractivity contribution in [1.29, 1.82) is 0 Å². The van der Waals surface area contributed by atoms with Crippen LogP contribution >= 0.6 is 15.9 Å². The zero-order chi connectivity index (χ0) is 13.8. The van der Waals surface area contributed by atoms with Crippen LogP contribution in [0.3, 0.4) is 0 Å². The van der Waals surface area contributed by atoms with Crippen molar-refractivity contribution < 1.29 is 9.59 Å². The van der Waals surface area contributed by atoms with E-state index >= 15 is 0 Å². The molecule has 106 valence electrons. The van der Waals surface area contributed by atoms with Crippen molar-refractivity contribution in [1.82, 2.24) is 0 Å². The average Bonchev–Trinajstić information content (AvgIpc) is 2.40. The summed E-state index contributed by atoms with van der Waals surface area (Å²) in [6.45, 7) is 3.69. The Morgan fingerprint density at radius 1 is 0.833 bits per heavy atom. The van der Waals surface area contributed by atoms with E-state index in [1.165, 1.54) is 25.7 Å². The lowest BCUT2D eigenvalue weighted by Gasteiger charge is -2.12. The van der Waals surface area contributed by atoms with Crippen molar-refractivity contribution in [2.24, 2.45) is 5.92 Å². The normalized spacial score (nSPS) is 10.9. The van der Waals surface area contributed by atoms with Gasteiger partial charge in [-0.25, -0.2) is 0 Å². The molecule has 0 amide bonds. The second kappa shape index (κ2) is 11.9. The van der Waals surface area contributed by atoms with Crippen LogP contribution in [0.5, 0.6) is 0 Å². The molecule has 0 heterocycles. The largest absolute Gasteiger partial charge is 0.299 e. The molecule has 0 aromatic carbocycles. The van der Waals surface area contributed by atoms with E-state index in [4.69, 9.17) is 0 Å². The van der Waals surface area contributed by atoms with E-state index in [2.05, 4.69) is 15.9 Å². The van der Waals surface area contributed by atoms with E-state index in [1.807, 2.05) is 13.8 Å². The Balaban J connectivity index is 3.77. The fourth-order valence-corrected chi connectivity index (χ4v) is 2.54. The molecule has 0 N–H and O–H groups in total. The lowest BCUT2D eigenvalue weighted by molar-refractivity contribution is -0.132. The summed E-state index contributed by atoms with van der Waals surface area (Å²) in [5, 5.41) is 1.09. The number of unbranched alkanes of at least 4 members (excludes halogenated alkanes) is 5. The first kappa shape index (κ1) is 17.8. The van der Waals surface area contributed by atoms with Gasteiger partial charge in [-0.15, -0.1) is 0 Å². The number of Topliss-reactive ketones (excluding diaryl/α,β-unsaturated/α-hetero) is 2. The van der Waals surface area contributed by atoms with Crippen LogP contribution < -0.4 is 0 Å². The van der Waals surface area contributed by atoms with Crippen molar-refractivity contribution in [3.63, 3.8) is 0 Å². The second-order valence-corrected chi connectivity index (χ2v) is 5.58. The summed E-state index contributed by atoms with van der Waals surface area (Å²) in [5.41, 5.74) is 0. The molecule has 0 rings (SSSR count). The summed E-state index contributed by atoms with van der Waals surface area (Å²) in [6.07, 6.45) is 8.89. The number of hydrogen-bond acceptors (Lipinski definition) is 2. The molecule has 0 atom stereocenters. The number of halogens is 1. The smallest absolute Gasteiger partial charge is 0.143 e. The van der Waals surface area contributed by atoms with Crippen LogP contribution in [0.1, 0.15) is 71.6 Å². The predicted molar refractivity (Wildman–Crippen MR) is 80.2 cm³/mol. The maximum absolute atomic E-state index is 11.7. The molecule has 0 saturated heterocycles. The zero-order valence-corrected chi connectivity index (χ0v) is 13.4. The molecular formula is C15H27BrO2. The van der Waals surface area contributed by atoms with Gasteiger partial charge in [-0.3, -0.25) is 9.59 Å². The van der Waals surface area contributed by atoms with Crippen LogP contribution in [0.25, 0.3) is 0 Å². The first-order valence-corrected chi connectivity index (χ1v) is 8.40. The second-order valence-electron chi connectivity index (χ2n) is 4.79. The zero-order valence-electron chi connectivity index (χ0n) is 11.8. The highest BCUT2D eigenvalue weighted by Crippen LogP contribution is 2.17. The fourth-order valence-electron chi connectivity index (χ4n) is 2.14. The van der Waals surface area contributed by atoms with E-state index in [9.17, 15) is 9.59 Å². The van der Waals surface area contributed by atoms with Crippen LogP contribution in [0.4, 0.5) is 0 Å². The Bertz CT molecular complexity index is 223. The summed E-state index contributed by atoms with van der Waals surface area (Å²) >= 11 is 3.42. The summed E-state index contributed by atoms with van der Waals surface area (Å²) in [6, 6.07) is 0. The Labute approximate surface area is 120 Å². The van der Waals surface area contributed by atoms with Gasteiger partial charge in [-0.2, -0.15) is 0 Å². The minimum atomic E-state index is -0.317. The molecule has 0 aliphatic heterocycles. The summed E-state index contributed by atoms with van der Waals surface area (Å²) < 4.78 is 0. The van der Waals surface area contributed by atoms with Crippen LogP contribution in [0.2, 0.25) is 0 Å². The number of ketones is 2. The first-order valence-electron chi connectivity index (χ1n) is 7.28. The molecule has 2 nitrogen and oxygen atoms in total. The highest BCUT2D eigenvalue weighted by molar-refractivity contribution is 9.09. The first-order chi connectivity index (χ1) is 8.67. The SMILES string of the molecule is CCC(=O)C(CCCCCCCCBr)C(=O)CC. The maximum atomic E-state index is 11.7. The molecule has 0 aliphatic carbocycles. The Morgan fingerprint density at radius 3 is 1.72 bits per heavy atom. The third-order valence-corrected chi connectivity index (χ3v) is 3.91. The molecular weight excluding hydrogens is 292 g/mol. The van der Waals surface area contributed by atoms with Crippen molar-refractivity contribution in [2.45, 2.75) is 71.6 Å². The van der Waals surface area contributed by atoms with Gasteiger partial charge in [0.1, 0.15) is 11.6 Å². The van der Waals surface area contributed by atoms with Crippen LogP contribution in [-0.2, 0) is 9.59 Å². The molecule has 0 spiro atoms. The van der Waals surface area contributed by atoms with Gasteiger partial charge in [0.25, 0.3) is 0 Å². The highest BCUT2D eigenvalue weighted by atomic mass is 79.9. The monoisotopic (exact) mass is 318 g/mol. The number of carbonyl (C=O) groups is 2. The van der Waals surface area contributed by atoms with Gasteiger partial charge in [0.2, 0.25) is 0 Å². The number of rotatable bonds is 12. The lowest BCUT2D eigenvalue weighted by Crippen LogP contribution is -2.22. The third kappa shape index (κ3) is 8.02. The van der Waals surface area contributed by atoms with Crippen molar-refractivity contribution in [2.75, 3.05) is 5.33 Å². The molecule has 0 saturated carbocycles. The van der Waals surface area contributed by atoms with E-state index < -0.39 is 0 Å². The lowest BCUT2D eigenvalue weighted by atomic mass is 9.90. The number of carbonyl (C=O) groups excluding carboxylic acids is 2. The van der Waals surface area contributed by atoms with Gasteiger partial charge < -0.3 is 0 Å². The molecule has 0 aromatic rings. The average molecular weight is 319 g/mol. The molecule has 3 heteroatoms. The molecule has 0 bridgehead atoms. The van der Waals surface area contributed by atoms with E-state index in [0.717, 1.165) is 24.6 Å². The Morgan fingerprint density at radius 2 is 1.28 bits per heavy atom. The standard InChI is InChI=1S/C15H27BrO2/c1-3-14(17)13(15(18)4-2)11-9-7-5-6-8-10-12-16/h13H,3-12H2,1-2H3. The quantitative estimate of drug-likeness (QED) is 0.297. The topological polar surface area (TPSA) is 34.1 Å². The van der Waals surface area contributed by atoms with Crippen molar-refractivity contribution in [3.05, 3.63) is 0 Å². The van der Waals surface area contributed by atoms with Gasteiger partial charge >= 0.3 is 0 Å². The molecule has 0 radical (unpaired) electrons. The molecule has 18 heavy (non-hydrogen) atoms. The van der Waals surface area contributed by atoms with Gasteiger partial charge in [-0.1, -0.05) is 61.9 Å². The summed E-state index contributed by atoms with van der Waals surface area (Å²) in [7, 11) is 0. The fraction of sp³-hybridized carbons (Fsp3) is 0.867. The van der Waals surface area contributed by atoms with Gasteiger partial charge in [0.15, 0.2) is 0 Å². The van der Waals surface area contributed by atoms with Crippen LogP contribution in [0.15, 0.2) is 0 Å². The van der Waals surface area contributed by atoms with Gasteiger partial charge in [0, 0.05) is 18.2 Å². The van der Waals surface area contributed by atoms with Gasteiger partial charge in [0.05, 0.1) is 5.92 Å². The Hall–Kier alpha value is -0.180. The van der Waals surface area contributed by atoms with E-state index in [0.29, 0.717) is 12.8 Å². The maximum Gasteiger partial charge on any atom is 0.143 e. The summed E-state index contributed by atoms with van der Waals surface area (Å²) in [5.74, 6) is -0.0650.